The van der Waals surface area contributed by atoms with Gasteiger partial charge in [0.1, 0.15) is 12.6 Å². The van der Waals surface area contributed by atoms with Crippen LogP contribution in [-0.4, -0.2) is 22.7 Å². The molecule has 0 aromatic heterocycles. The third-order valence-corrected chi connectivity index (χ3v) is 2.45. The van der Waals surface area contributed by atoms with E-state index in [0.717, 1.165) is 0 Å². The summed E-state index contributed by atoms with van der Waals surface area (Å²) in [5.74, 6) is -7.28. The molecule has 3 nitrogen and oxygen atoms in total. The van der Waals surface area contributed by atoms with Gasteiger partial charge >= 0.3 is 6.18 Å². The van der Waals surface area contributed by atoms with E-state index in [9.17, 15) is 31.4 Å². The van der Waals surface area contributed by atoms with Gasteiger partial charge in [0.2, 0.25) is 0 Å². The van der Waals surface area contributed by atoms with Gasteiger partial charge in [0.15, 0.2) is 11.6 Å². The molecule has 116 valence electrons. The summed E-state index contributed by atoms with van der Waals surface area (Å²) in [6.07, 6.45) is -5.11. The molecule has 0 amide bonds. The van der Waals surface area contributed by atoms with Crippen LogP contribution < -0.4 is 5.73 Å². The number of hydrogen-bond donors (Lipinski definition) is 3. The number of halogens is 7. The molecule has 0 spiro atoms. The number of hydrogen-bond acceptors (Lipinski definition) is 3. The Kier molecular flexibility index (Phi) is 5.70. The molecule has 1 aromatic rings. The largest absolute Gasteiger partial charge is 0.505 e. The van der Waals surface area contributed by atoms with E-state index in [-0.39, 0.29) is 24.5 Å². The fourth-order valence-electron chi connectivity index (χ4n) is 1.45. The summed E-state index contributed by atoms with van der Waals surface area (Å²) in [6, 6.07) is -2.23. The minimum atomic E-state index is -5.11. The Balaban J connectivity index is 0.00000361. The van der Waals surface area contributed by atoms with Crippen LogP contribution in [0.1, 0.15) is 17.2 Å². The van der Waals surface area contributed by atoms with Gasteiger partial charge in [0, 0.05) is 5.56 Å². The normalized spacial score (nSPS) is 13.8. The first-order valence-electron chi connectivity index (χ1n) is 4.85. The highest BCUT2D eigenvalue weighted by Gasteiger charge is 2.45. The fraction of sp³-hybridized carbons (Fsp3) is 0.400. The van der Waals surface area contributed by atoms with Crippen molar-refractivity contribution >= 4 is 12.4 Å². The molecule has 1 rings (SSSR count). The molecule has 0 heterocycles. The molecular weight excluding hydrogens is 316 g/mol. The molecule has 0 fully saturated rings. The van der Waals surface area contributed by atoms with E-state index in [2.05, 4.69) is 0 Å². The molecule has 0 aliphatic rings. The van der Waals surface area contributed by atoms with Crippen molar-refractivity contribution in [2.75, 3.05) is 6.61 Å². The Bertz CT molecular complexity index is 480. The van der Waals surface area contributed by atoms with E-state index in [1.807, 2.05) is 0 Å². The fourth-order valence-corrected chi connectivity index (χ4v) is 1.45. The number of alkyl halides is 5. The molecule has 0 radical (unpaired) electrons. The van der Waals surface area contributed by atoms with Crippen molar-refractivity contribution < 1.29 is 36.6 Å². The standard InChI is InChI=1S/C10H9F6NO2.ClH/c11-5-2-1-4(10(14,15)16)6(7(5)19)8(17)9(12,13)3-18;/h1-2,8,18-19H,3,17H2;1H/t8-;/m1./s1. The van der Waals surface area contributed by atoms with Crippen molar-refractivity contribution in [3.05, 3.63) is 29.1 Å². The third-order valence-electron chi connectivity index (χ3n) is 2.45. The molecule has 20 heavy (non-hydrogen) atoms. The van der Waals surface area contributed by atoms with Gasteiger partial charge < -0.3 is 15.9 Å². The average molecular weight is 326 g/mol. The van der Waals surface area contributed by atoms with Crippen molar-refractivity contribution in [1.82, 2.24) is 0 Å². The molecule has 0 aliphatic heterocycles. The first-order valence-corrected chi connectivity index (χ1v) is 4.85. The van der Waals surface area contributed by atoms with Gasteiger partial charge in [-0.3, -0.25) is 0 Å². The quantitative estimate of drug-likeness (QED) is 0.748. The molecule has 0 unspecified atom stereocenters. The Morgan fingerprint density at radius 3 is 2.05 bits per heavy atom. The minimum absolute atomic E-state index is 0. The summed E-state index contributed by atoms with van der Waals surface area (Å²) < 4.78 is 77.1. The summed E-state index contributed by atoms with van der Waals surface area (Å²) in [7, 11) is 0. The van der Waals surface area contributed by atoms with Crippen molar-refractivity contribution in [3.8, 4) is 5.75 Å². The zero-order valence-corrected chi connectivity index (χ0v) is 10.4. The smallest absolute Gasteiger partial charge is 0.416 e. The van der Waals surface area contributed by atoms with Crippen molar-refractivity contribution in [2.24, 2.45) is 5.73 Å². The molecule has 0 saturated carbocycles. The number of phenolic OH excluding ortho intramolecular Hbond substituents is 1. The first-order chi connectivity index (χ1) is 8.52. The van der Waals surface area contributed by atoms with Crippen LogP contribution in [0.5, 0.6) is 5.75 Å². The van der Waals surface area contributed by atoms with Gasteiger partial charge in [-0.15, -0.1) is 12.4 Å². The lowest BCUT2D eigenvalue weighted by Crippen LogP contribution is -2.37. The van der Waals surface area contributed by atoms with Gasteiger partial charge in [0.25, 0.3) is 5.92 Å². The number of aromatic hydroxyl groups is 1. The lowest BCUT2D eigenvalue weighted by Gasteiger charge is -2.25. The second-order valence-corrected chi connectivity index (χ2v) is 3.75. The minimum Gasteiger partial charge on any atom is -0.505 e. The molecule has 0 bridgehead atoms. The Morgan fingerprint density at radius 1 is 1.15 bits per heavy atom. The lowest BCUT2D eigenvalue weighted by atomic mass is 9.94. The number of benzene rings is 1. The number of aliphatic hydroxyl groups is 1. The summed E-state index contributed by atoms with van der Waals surface area (Å²) in [5, 5.41) is 17.6. The molecule has 0 aliphatic carbocycles. The van der Waals surface area contributed by atoms with Crippen LogP contribution in [0, 0.1) is 5.82 Å². The van der Waals surface area contributed by atoms with Crippen LogP contribution in [-0.2, 0) is 6.18 Å². The highest BCUT2D eigenvalue weighted by molar-refractivity contribution is 5.85. The Morgan fingerprint density at radius 2 is 1.65 bits per heavy atom. The number of phenols is 1. The SMILES string of the molecule is Cl.N[C@H](c1c(C(F)(F)F)ccc(F)c1O)C(F)(F)CO. The Labute approximate surface area is 115 Å². The van der Waals surface area contributed by atoms with E-state index < -0.39 is 47.4 Å². The van der Waals surface area contributed by atoms with Crippen LogP contribution in [0.25, 0.3) is 0 Å². The van der Waals surface area contributed by atoms with Crippen LogP contribution in [0.3, 0.4) is 0 Å². The predicted octanol–water partition coefficient (Wildman–Crippen LogP) is 2.60. The van der Waals surface area contributed by atoms with Crippen molar-refractivity contribution in [3.63, 3.8) is 0 Å². The van der Waals surface area contributed by atoms with Crippen molar-refractivity contribution in [1.29, 1.82) is 0 Å². The molecular formula is C10H10ClF6NO2. The first kappa shape index (κ1) is 18.8. The van der Waals surface area contributed by atoms with Crippen LogP contribution >= 0.6 is 12.4 Å². The van der Waals surface area contributed by atoms with Crippen LogP contribution in [0.4, 0.5) is 26.3 Å². The van der Waals surface area contributed by atoms with Gasteiger partial charge in [-0.25, -0.2) is 13.2 Å². The van der Waals surface area contributed by atoms with E-state index >= 15 is 0 Å². The second kappa shape index (κ2) is 6.06. The molecule has 4 N–H and O–H groups in total. The van der Waals surface area contributed by atoms with E-state index in [4.69, 9.17) is 10.8 Å². The third kappa shape index (κ3) is 3.47. The van der Waals surface area contributed by atoms with Gasteiger partial charge in [-0.2, -0.15) is 13.2 Å². The molecule has 0 saturated heterocycles. The highest BCUT2D eigenvalue weighted by Crippen LogP contribution is 2.43. The predicted molar refractivity (Wildman–Crippen MR) is 59.3 cm³/mol. The monoisotopic (exact) mass is 325 g/mol. The van der Waals surface area contributed by atoms with Gasteiger partial charge in [-0.05, 0) is 12.1 Å². The molecule has 1 aromatic carbocycles. The zero-order valence-electron chi connectivity index (χ0n) is 9.59. The summed E-state index contributed by atoms with van der Waals surface area (Å²) in [6.45, 7) is -1.85. The van der Waals surface area contributed by atoms with Gasteiger partial charge in [-0.1, -0.05) is 0 Å². The zero-order chi connectivity index (χ0) is 15.0. The maximum atomic E-state index is 13.1. The summed E-state index contributed by atoms with van der Waals surface area (Å²) in [4.78, 5) is 0. The highest BCUT2D eigenvalue weighted by atomic mass is 35.5. The van der Waals surface area contributed by atoms with E-state index in [1.54, 1.807) is 0 Å². The number of aliphatic hydroxyl groups excluding tert-OH is 1. The van der Waals surface area contributed by atoms with E-state index in [1.165, 1.54) is 0 Å². The average Bonchev–Trinajstić information content (AvgIpc) is 2.30. The topological polar surface area (TPSA) is 66.5 Å². The molecule has 1 atom stereocenters. The van der Waals surface area contributed by atoms with Crippen molar-refractivity contribution in [2.45, 2.75) is 18.1 Å². The lowest BCUT2D eigenvalue weighted by molar-refractivity contribution is -0.140. The van der Waals surface area contributed by atoms with E-state index in [0.29, 0.717) is 0 Å². The number of nitrogens with two attached hydrogens (primary N) is 1. The summed E-state index contributed by atoms with van der Waals surface area (Å²) in [5.41, 5.74) is 1.73. The van der Waals surface area contributed by atoms with Gasteiger partial charge in [0.05, 0.1) is 5.56 Å². The van der Waals surface area contributed by atoms with Crippen LogP contribution in [0.2, 0.25) is 0 Å². The summed E-state index contributed by atoms with van der Waals surface area (Å²) >= 11 is 0. The Hall–Kier alpha value is -1.19. The maximum absolute atomic E-state index is 13.1. The maximum Gasteiger partial charge on any atom is 0.416 e. The number of rotatable bonds is 3. The second-order valence-electron chi connectivity index (χ2n) is 3.75. The van der Waals surface area contributed by atoms with Crippen LogP contribution in [0.15, 0.2) is 12.1 Å². The molecule has 10 heteroatoms.